The summed E-state index contributed by atoms with van der Waals surface area (Å²) in [6.07, 6.45) is 5.25. The van der Waals surface area contributed by atoms with Gasteiger partial charge in [0.25, 0.3) is 0 Å². The molecule has 0 spiro atoms. The second-order valence-electron chi connectivity index (χ2n) is 6.48. The highest BCUT2D eigenvalue weighted by molar-refractivity contribution is 6.12. The van der Waals surface area contributed by atoms with E-state index >= 15 is 0 Å². The number of hydrogen-bond donors (Lipinski definition) is 2. The van der Waals surface area contributed by atoms with Crippen molar-refractivity contribution in [2.75, 3.05) is 16.6 Å². The fraction of sp³-hybridized carbons (Fsp3) is 0.0952. The van der Waals surface area contributed by atoms with E-state index in [2.05, 4.69) is 65.7 Å². The molecule has 122 valence electrons. The predicted octanol–water partition coefficient (Wildman–Crippen LogP) is 4.00. The maximum absolute atomic E-state index is 8.24. The van der Waals surface area contributed by atoms with Gasteiger partial charge in [-0.15, -0.1) is 0 Å². The van der Waals surface area contributed by atoms with E-state index in [9.17, 15) is 0 Å². The van der Waals surface area contributed by atoms with E-state index in [0.717, 1.165) is 29.7 Å². The molecule has 3 aromatic rings. The summed E-state index contributed by atoms with van der Waals surface area (Å²) < 4.78 is 0. The average Bonchev–Trinajstić information content (AvgIpc) is 3.23. The first kappa shape index (κ1) is 14.1. The fourth-order valence-corrected chi connectivity index (χ4v) is 4.01. The molecule has 1 aliphatic heterocycles. The van der Waals surface area contributed by atoms with Crippen LogP contribution in [0.2, 0.25) is 0 Å². The van der Waals surface area contributed by atoms with Gasteiger partial charge in [-0.2, -0.15) is 0 Å². The highest BCUT2D eigenvalue weighted by atomic mass is 15.7. The molecule has 5 rings (SSSR count). The van der Waals surface area contributed by atoms with Crippen LogP contribution in [0.25, 0.3) is 22.9 Å². The lowest BCUT2D eigenvalue weighted by Gasteiger charge is -2.35. The molecule has 1 heterocycles. The molecule has 0 saturated heterocycles. The van der Waals surface area contributed by atoms with Gasteiger partial charge < -0.3 is 5.73 Å². The molecule has 3 aromatic carbocycles. The molecule has 0 unspecified atom stereocenters. The maximum Gasteiger partial charge on any atom is 0.212 e. The number of benzene rings is 3. The molecule has 25 heavy (non-hydrogen) atoms. The number of anilines is 2. The van der Waals surface area contributed by atoms with Crippen molar-refractivity contribution in [1.29, 1.82) is 5.41 Å². The lowest BCUT2D eigenvalue weighted by molar-refractivity contribution is 0.859. The van der Waals surface area contributed by atoms with E-state index in [1.165, 1.54) is 22.1 Å². The SMILES string of the molecule is N=C(N)N(c1ccc2c3c(cccc13)C=C2)N1CCc2ccccc21. The van der Waals surface area contributed by atoms with Gasteiger partial charge in [0.05, 0.1) is 11.4 Å². The van der Waals surface area contributed by atoms with Gasteiger partial charge in [-0.1, -0.05) is 54.6 Å². The molecule has 0 aromatic heterocycles. The van der Waals surface area contributed by atoms with Crippen LogP contribution in [0.4, 0.5) is 11.4 Å². The first-order chi connectivity index (χ1) is 12.2. The second-order valence-corrected chi connectivity index (χ2v) is 6.48. The van der Waals surface area contributed by atoms with Crippen molar-refractivity contribution in [3.8, 4) is 0 Å². The number of hydrogen-bond acceptors (Lipinski definition) is 2. The molecule has 0 saturated carbocycles. The second kappa shape index (κ2) is 5.11. The van der Waals surface area contributed by atoms with E-state index < -0.39 is 0 Å². The van der Waals surface area contributed by atoms with Crippen LogP contribution in [-0.2, 0) is 6.42 Å². The van der Waals surface area contributed by atoms with Gasteiger partial charge in [-0.3, -0.25) is 10.4 Å². The van der Waals surface area contributed by atoms with Crippen molar-refractivity contribution in [3.63, 3.8) is 0 Å². The highest BCUT2D eigenvalue weighted by Gasteiger charge is 2.28. The Morgan fingerprint density at radius 1 is 0.960 bits per heavy atom. The third kappa shape index (κ3) is 1.97. The molecule has 0 bridgehead atoms. The summed E-state index contributed by atoms with van der Waals surface area (Å²) in [6, 6.07) is 18.8. The van der Waals surface area contributed by atoms with Gasteiger partial charge >= 0.3 is 0 Å². The monoisotopic (exact) mass is 326 g/mol. The van der Waals surface area contributed by atoms with Crippen LogP contribution in [0.15, 0.2) is 54.6 Å². The van der Waals surface area contributed by atoms with Crippen LogP contribution < -0.4 is 15.8 Å². The zero-order valence-electron chi connectivity index (χ0n) is 13.7. The molecule has 2 aliphatic rings. The Morgan fingerprint density at radius 3 is 2.60 bits per heavy atom. The average molecular weight is 326 g/mol. The molecule has 1 aliphatic carbocycles. The molecule has 3 N–H and O–H groups in total. The first-order valence-corrected chi connectivity index (χ1v) is 8.47. The Labute approximate surface area is 146 Å². The van der Waals surface area contributed by atoms with Crippen molar-refractivity contribution >= 4 is 40.3 Å². The molecular weight excluding hydrogens is 308 g/mol. The van der Waals surface area contributed by atoms with Gasteiger partial charge in [0.1, 0.15) is 0 Å². The maximum atomic E-state index is 8.24. The Bertz CT molecular complexity index is 1040. The van der Waals surface area contributed by atoms with Crippen LogP contribution in [0, 0.1) is 5.41 Å². The summed E-state index contributed by atoms with van der Waals surface area (Å²) in [5.41, 5.74) is 11.9. The summed E-state index contributed by atoms with van der Waals surface area (Å²) in [6.45, 7) is 0.820. The van der Waals surface area contributed by atoms with E-state index in [1.54, 1.807) is 0 Å². The van der Waals surface area contributed by atoms with Crippen LogP contribution >= 0.6 is 0 Å². The molecular formula is C21H18N4. The minimum absolute atomic E-state index is 0.0309. The Hall–Kier alpha value is -3.27. The molecule has 4 nitrogen and oxygen atoms in total. The van der Waals surface area contributed by atoms with Gasteiger partial charge in [-0.05, 0) is 40.6 Å². The van der Waals surface area contributed by atoms with Crippen molar-refractivity contribution in [3.05, 3.63) is 71.3 Å². The number of rotatable bonds is 2. The molecule has 0 fully saturated rings. The Balaban J connectivity index is 1.72. The number of guanidine groups is 1. The Kier molecular flexibility index (Phi) is 2.88. The zero-order valence-corrected chi connectivity index (χ0v) is 13.7. The van der Waals surface area contributed by atoms with E-state index in [1.807, 2.05) is 11.1 Å². The lowest BCUT2D eigenvalue weighted by Crippen LogP contribution is -2.49. The molecule has 0 atom stereocenters. The summed E-state index contributed by atoms with van der Waals surface area (Å²) in [5.74, 6) is 0.0309. The number of nitrogens with one attached hydrogen (secondary N) is 1. The quantitative estimate of drug-likeness (QED) is 0.432. The van der Waals surface area contributed by atoms with Gasteiger partial charge in [0.15, 0.2) is 0 Å². The summed E-state index contributed by atoms with van der Waals surface area (Å²) in [4.78, 5) is 0. The number of nitrogens with zero attached hydrogens (tertiary/aromatic N) is 2. The first-order valence-electron chi connectivity index (χ1n) is 8.47. The number of hydrazine groups is 1. The predicted molar refractivity (Wildman–Crippen MR) is 105 cm³/mol. The van der Waals surface area contributed by atoms with Crippen molar-refractivity contribution in [2.45, 2.75) is 6.42 Å². The van der Waals surface area contributed by atoms with E-state index in [4.69, 9.17) is 11.1 Å². The summed E-state index contributed by atoms with van der Waals surface area (Å²) in [7, 11) is 0. The van der Waals surface area contributed by atoms with Gasteiger partial charge in [0.2, 0.25) is 5.96 Å². The lowest BCUT2D eigenvalue weighted by atomic mass is 10.0. The van der Waals surface area contributed by atoms with E-state index in [-0.39, 0.29) is 5.96 Å². The number of nitrogens with two attached hydrogens (primary N) is 1. The Morgan fingerprint density at radius 2 is 1.76 bits per heavy atom. The van der Waals surface area contributed by atoms with Crippen molar-refractivity contribution in [2.24, 2.45) is 5.73 Å². The fourth-order valence-electron chi connectivity index (χ4n) is 4.01. The normalized spacial score (nSPS) is 14.2. The highest BCUT2D eigenvalue weighted by Crippen LogP contribution is 2.39. The minimum Gasteiger partial charge on any atom is -0.368 e. The third-order valence-electron chi connectivity index (χ3n) is 5.08. The molecule has 0 amide bonds. The standard InChI is InChI=1S/C21H18N4/c22-21(23)25(24-13-12-14-4-1-2-7-18(14)24)19-11-10-16-9-8-15-5-3-6-17(19)20(15)16/h1-11H,12-13H2,(H3,22,23). The van der Waals surface area contributed by atoms with Crippen LogP contribution in [0.1, 0.15) is 16.7 Å². The van der Waals surface area contributed by atoms with Crippen molar-refractivity contribution in [1.82, 2.24) is 0 Å². The van der Waals surface area contributed by atoms with Crippen LogP contribution in [0.5, 0.6) is 0 Å². The van der Waals surface area contributed by atoms with Crippen LogP contribution in [0.3, 0.4) is 0 Å². The summed E-state index contributed by atoms with van der Waals surface area (Å²) >= 11 is 0. The third-order valence-corrected chi connectivity index (χ3v) is 5.08. The van der Waals surface area contributed by atoms with E-state index in [0.29, 0.717) is 0 Å². The molecule has 0 radical (unpaired) electrons. The number of para-hydroxylation sites is 1. The smallest absolute Gasteiger partial charge is 0.212 e. The van der Waals surface area contributed by atoms with Crippen LogP contribution in [-0.4, -0.2) is 12.5 Å². The summed E-state index contributed by atoms with van der Waals surface area (Å²) in [5, 5.41) is 14.6. The minimum atomic E-state index is 0.0309. The zero-order chi connectivity index (χ0) is 17.0. The van der Waals surface area contributed by atoms with Gasteiger partial charge in [-0.25, -0.2) is 5.01 Å². The largest absolute Gasteiger partial charge is 0.368 e. The molecule has 4 heteroatoms. The van der Waals surface area contributed by atoms with Gasteiger partial charge in [0, 0.05) is 11.9 Å². The topological polar surface area (TPSA) is 56.4 Å². The van der Waals surface area contributed by atoms with Crippen molar-refractivity contribution < 1.29 is 0 Å². The number of fused-ring (bicyclic) bond motifs is 1.